The molecule has 0 aliphatic carbocycles. The third-order valence-electron chi connectivity index (χ3n) is 0.212. The zero-order valence-corrected chi connectivity index (χ0v) is 4.82. The second kappa shape index (κ2) is 2.97. The van der Waals surface area contributed by atoms with Crippen LogP contribution in [0.3, 0.4) is 0 Å². The van der Waals surface area contributed by atoms with Gasteiger partial charge in [-0.1, -0.05) is 0 Å². The van der Waals surface area contributed by atoms with Crippen LogP contribution in [0.5, 0.6) is 0 Å². The summed E-state index contributed by atoms with van der Waals surface area (Å²) in [6, 6.07) is 0. The van der Waals surface area contributed by atoms with Crippen LogP contribution in [0.2, 0.25) is 0 Å². The van der Waals surface area contributed by atoms with E-state index in [4.69, 9.17) is 16.3 Å². The molecular weight excluding hydrogens is 138 g/mol. The monoisotopic (exact) mass is 140 g/mol. The molecule has 40 valence electrons. The van der Waals surface area contributed by atoms with E-state index in [1.54, 1.807) is 0 Å². The molecule has 0 aliphatic heterocycles. The van der Waals surface area contributed by atoms with Crippen molar-refractivity contribution in [2.75, 3.05) is 0 Å². The highest BCUT2D eigenvalue weighted by molar-refractivity contribution is 7.78. The molecule has 0 rings (SSSR count). The Morgan fingerprint density at radius 2 is 2.43 bits per heavy atom. The van der Waals surface area contributed by atoms with Crippen molar-refractivity contribution in [2.45, 2.75) is 0 Å². The van der Waals surface area contributed by atoms with Gasteiger partial charge in [-0.2, -0.15) is 0 Å². The Hall–Kier alpha value is -0.110. The summed E-state index contributed by atoms with van der Waals surface area (Å²) in [4.78, 5) is 19.2. The number of carboxylic acid groups (broad SMARTS) is 1. The van der Waals surface area contributed by atoms with Crippen LogP contribution in [0.25, 0.3) is 0 Å². The first kappa shape index (κ1) is 6.89. The Bertz CT molecular complexity index is 106. The molecular formula is C2H2ClO3P. The highest BCUT2D eigenvalue weighted by atomic mass is 35.7. The molecule has 1 unspecified atom stereocenters. The Balaban J connectivity index is 3.68. The minimum atomic E-state index is -2.14. The van der Waals surface area contributed by atoms with Crippen LogP contribution in [-0.2, 0) is 4.79 Å². The van der Waals surface area contributed by atoms with Gasteiger partial charge in [0.25, 0.3) is 0 Å². The number of carbonyl (C=O) groups is 1. The van der Waals surface area contributed by atoms with Crippen molar-refractivity contribution < 1.29 is 14.8 Å². The lowest BCUT2D eigenvalue weighted by molar-refractivity contribution is -0.147. The Morgan fingerprint density at radius 1 is 2.00 bits per heavy atom. The molecule has 0 saturated carbocycles. The molecule has 0 heterocycles. The topological polar surface area (TPSA) is 60.4 Å². The molecule has 1 N–H and O–H groups in total. The van der Waals surface area contributed by atoms with Crippen LogP contribution >= 0.6 is 18.4 Å². The van der Waals surface area contributed by atoms with Crippen LogP contribution in [0.15, 0.2) is 0 Å². The highest BCUT2D eigenvalue weighted by Crippen LogP contribution is 2.13. The second-order valence-electron chi connectivity index (χ2n) is 0.739. The van der Waals surface area contributed by atoms with Crippen molar-refractivity contribution >= 4 is 30.1 Å². The first-order valence-corrected chi connectivity index (χ1v) is 3.56. The predicted molar refractivity (Wildman–Crippen MR) is 26.5 cm³/mol. The van der Waals surface area contributed by atoms with Crippen molar-refractivity contribution in [1.82, 2.24) is 0 Å². The van der Waals surface area contributed by atoms with Gasteiger partial charge >= 0.3 is 5.97 Å². The fraction of sp³-hybridized carbons (Fsp3) is 0. The Morgan fingerprint density at radius 3 is 2.43 bits per heavy atom. The molecule has 3 nitrogen and oxygen atoms in total. The molecule has 0 aromatic rings. The molecule has 0 amide bonds. The summed E-state index contributed by atoms with van der Waals surface area (Å²) >= 11 is 4.75. The summed E-state index contributed by atoms with van der Waals surface area (Å²) in [7, 11) is -2.14. The minimum absolute atomic E-state index is 0.525. The zero-order valence-electron chi connectivity index (χ0n) is 3.17. The highest BCUT2D eigenvalue weighted by Gasteiger charge is 1.93. The number of halogens is 1. The van der Waals surface area contributed by atoms with E-state index >= 15 is 0 Å². The lowest BCUT2D eigenvalue weighted by atomic mass is 10.8. The average Bonchev–Trinajstić information content (AvgIpc) is 1.27. The average molecular weight is 140 g/mol. The summed E-state index contributed by atoms with van der Waals surface area (Å²) in [6.45, 7) is 0. The Kier molecular flexibility index (Phi) is 2.92. The summed E-state index contributed by atoms with van der Waals surface area (Å²) < 4.78 is 0. The first-order chi connectivity index (χ1) is 3.13. The van der Waals surface area contributed by atoms with Gasteiger partial charge in [0, 0.05) is 0 Å². The fourth-order valence-corrected chi connectivity index (χ4v) is 0.511. The van der Waals surface area contributed by atoms with Gasteiger partial charge in [-0.15, -0.1) is 0 Å². The van der Waals surface area contributed by atoms with Crippen molar-refractivity contribution in [3.05, 3.63) is 0 Å². The second-order valence-corrected chi connectivity index (χ2v) is 2.54. The van der Waals surface area contributed by atoms with E-state index in [1.807, 2.05) is 0 Å². The van der Waals surface area contributed by atoms with Crippen LogP contribution in [0.1, 0.15) is 0 Å². The Labute approximate surface area is 45.8 Å². The van der Waals surface area contributed by atoms with E-state index in [2.05, 4.69) is 0 Å². The number of rotatable bonds is 1. The minimum Gasteiger partial charge on any atom is -0.614 e. The van der Waals surface area contributed by atoms with Gasteiger partial charge in [0.15, 0.2) is 18.4 Å². The zero-order chi connectivity index (χ0) is 5.86. The summed E-state index contributed by atoms with van der Waals surface area (Å²) in [5.74, 6) is -0.729. The summed E-state index contributed by atoms with van der Waals surface area (Å²) in [5.41, 5.74) is 0. The summed E-state index contributed by atoms with van der Waals surface area (Å²) in [5, 5.41) is 7.76. The van der Waals surface area contributed by atoms with Gasteiger partial charge in [-0.05, 0) is 0 Å². The van der Waals surface area contributed by atoms with Gasteiger partial charge in [-0.3, -0.25) is 0 Å². The third-order valence-corrected chi connectivity index (χ3v) is 0.929. The van der Waals surface area contributed by atoms with Crippen LogP contribution in [0.4, 0.5) is 0 Å². The molecule has 0 radical (unpaired) electrons. The lowest BCUT2D eigenvalue weighted by Crippen LogP contribution is -1.96. The first-order valence-electron chi connectivity index (χ1n) is 1.33. The predicted octanol–water partition coefficient (Wildman–Crippen LogP) is -0.216. The molecule has 1 atom stereocenters. The van der Waals surface area contributed by atoms with Crippen LogP contribution in [-0.4, -0.2) is 16.9 Å². The van der Waals surface area contributed by atoms with Gasteiger partial charge in [0.05, 0.1) is 0 Å². The van der Waals surface area contributed by atoms with Crippen LogP contribution in [0, 0.1) is 0 Å². The van der Waals surface area contributed by atoms with Gasteiger partial charge in [0.2, 0.25) is 5.80 Å². The van der Waals surface area contributed by atoms with Crippen molar-refractivity contribution in [2.24, 2.45) is 0 Å². The molecule has 0 saturated heterocycles. The lowest BCUT2D eigenvalue weighted by Gasteiger charge is -1.75. The maximum Gasteiger partial charge on any atom is 0.372 e. The van der Waals surface area contributed by atoms with Gasteiger partial charge < -0.3 is 10.00 Å². The van der Waals surface area contributed by atoms with E-state index < -0.39 is 13.1 Å². The maximum absolute atomic E-state index is 9.73. The largest absolute Gasteiger partial charge is 0.614 e. The smallest absolute Gasteiger partial charge is 0.372 e. The standard InChI is InChI=1S/C2H2ClO3P/c3-7(6)1-2(4)5/h1H,(H,4,5). The number of aliphatic carboxylic acids is 1. The van der Waals surface area contributed by atoms with Crippen molar-refractivity contribution in [3.63, 3.8) is 0 Å². The molecule has 0 aromatic heterocycles. The van der Waals surface area contributed by atoms with Crippen molar-refractivity contribution in [1.29, 1.82) is 0 Å². The van der Waals surface area contributed by atoms with Crippen LogP contribution < -0.4 is 4.89 Å². The van der Waals surface area contributed by atoms with E-state index in [1.165, 1.54) is 0 Å². The fourth-order valence-electron chi connectivity index (χ4n) is 0.0868. The van der Waals surface area contributed by atoms with E-state index in [0.29, 0.717) is 5.80 Å². The molecule has 5 heteroatoms. The molecule has 0 aromatic carbocycles. The van der Waals surface area contributed by atoms with Crippen molar-refractivity contribution in [3.8, 4) is 0 Å². The molecule has 0 aliphatic rings. The van der Waals surface area contributed by atoms with Gasteiger partial charge in [-0.25, -0.2) is 4.79 Å². The van der Waals surface area contributed by atoms with E-state index in [0.717, 1.165) is 0 Å². The molecule has 0 fully saturated rings. The molecule has 7 heavy (non-hydrogen) atoms. The number of carboxylic acids is 1. The molecule has 0 bridgehead atoms. The number of hydrogen-bond donors (Lipinski definition) is 1. The third kappa shape index (κ3) is 5.89. The number of hydrogen-bond acceptors (Lipinski definition) is 2. The normalized spacial score (nSPS) is 11.4. The SMILES string of the molecule is O=C(O)C=[P+]([O-])Cl. The van der Waals surface area contributed by atoms with Gasteiger partial charge in [0.1, 0.15) is 0 Å². The van der Waals surface area contributed by atoms with E-state index in [-0.39, 0.29) is 0 Å². The quantitative estimate of drug-likeness (QED) is 0.513. The molecule has 0 spiro atoms. The maximum atomic E-state index is 9.73. The van der Waals surface area contributed by atoms with E-state index in [9.17, 15) is 9.69 Å². The summed E-state index contributed by atoms with van der Waals surface area (Å²) in [6.07, 6.45) is 0.